The number of aryl methyl sites for hydroxylation is 1. The first kappa shape index (κ1) is 21.8. The Morgan fingerprint density at radius 3 is 2.56 bits per heavy atom. The Morgan fingerprint density at radius 1 is 1.16 bits per heavy atom. The molecule has 1 heterocycles. The molecule has 1 aliphatic carbocycles. The summed E-state index contributed by atoms with van der Waals surface area (Å²) in [6.45, 7) is 3.89. The third kappa shape index (κ3) is 3.92. The lowest BCUT2D eigenvalue weighted by Crippen LogP contribution is -2.31. The summed E-state index contributed by atoms with van der Waals surface area (Å²) in [5, 5.41) is 13.5. The van der Waals surface area contributed by atoms with Crippen molar-refractivity contribution in [1.82, 2.24) is 0 Å². The predicted molar refractivity (Wildman–Crippen MR) is 125 cm³/mol. The van der Waals surface area contributed by atoms with Gasteiger partial charge in [0.15, 0.2) is 0 Å². The molecule has 1 amide bonds. The summed E-state index contributed by atoms with van der Waals surface area (Å²) in [5.74, 6) is -0.698. The molecule has 0 unspecified atom stereocenters. The molecule has 2 aromatic carbocycles. The number of nitrogens with one attached hydrogen (secondary N) is 1. The summed E-state index contributed by atoms with van der Waals surface area (Å²) in [5.41, 5.74) is 3.05. The fourth-order valence-corrected chi connectivity index (χ4v) is 5.63. The van der Waals surface area contributed by atoms with Crippen molar-refractivity contribution in [2.45, 2.75) is 38.5 Å². The molecule has 1 aliphatic rings. The van der Waals surface area contributed by atoms with Crippen LogP contribution in [0.15, 0.2) is 54.6 Å². The van der Waals surface area contributed by atoms with E-state index in [1.54, 1.807) is 13.0 Å². The van der Waals surface area contributed by atoms with E-state index in [0.717, 1.165) is 21.6 Å². The number of benzene rings is 2. The second-order valence-corrected chi connectivity index (χ2v) is 9.04. The zero-order valence-electron chi connectivity index (χ0n) is 18.1. The second kappa shape index (κ2) is 8.97. The number of carbonyl (C=O) groups excluding carboxylic acids is 2. The van der Waals surface area contributed by atoms with E-state index in [1.807, 2.05) is 55.5 Å². The van der Waals surface area contributed by atoms with Crippen LogP contribution < -0.4 is 5.32 Å². The monoisotopic (exact) mass is 444 g/mol. The van der Waals surface area contributed by atoms with E-state index in [2.05, 4.69) is 11.4 Å². The summed E-state index contributed by atoms with van der Waals surface area (Å²) < 4.78 is 5.32. The smallest absolute Gasteiger partial charge is 0.341 e. The number of esters is 1. The Balaban J connectivity index is 1.74. The van der Waals surface area contributed by atoms with Gasteiger partial charge in [-0.1, -0.05) is 48.5 Å². The third-order valence-electron chi connectivity index (χ3n) is 5.99. The highest BCUT2D eigenvalue weighted by Crippen LogP contribution is 2.45. The number of rotatable bonds is 5. The SMILES string of the molecule is CCOC(=O)c1c(NC(=O)c2ccccc2C)sc2c1CC[C@](C#N)(c1ccccc1)C2. The second-order valence-electron chi connectivity index (χ2n) is 7.93. The van der Waals surface area contributed by atoms with Crippen LogP contribution in [0.4, 0.5) is 5.00 Å². The highest BCUT2D eigenvalue weighted by atomic mass is 32.1. The standard InChI is InChI=1S/C26H24N2O3S/c1-3-31-25(30)22-20-13-14-26(16-27,18-10-5-4-6-11-18)15-21(20)32-24(22)28-23(29)19-12-8-7-9-17(19)2/h4-12H,3,13-15H2,1-2H3,(H,28,29)/t26-/m0/s1. The molecule has 0 saturated carbocycles. The highest BCUT2D eigenvalue weighted by molar-refractivity contribution is 7.17. The fourth-order valence-electron chi connectivity index (χ4n) is 4.29. The van der Waals surface area contributed by atoms with Crippen molar-refractivity contribution in [3.63, 3.8) is 0 Å². The minimum absolute atomic E-state index is 0.251. The van der Waals surface area contributed by atoms with Crippen LogP contribution in [-0.2, 0) is 23.0 Å². The Labute approximate surface area is 191 Å². The van der Waals surface area contributed by atoms with Crippen LogP contribution in [0.2, 0.25) is 0 Å². The minimum atomic E-state index is -0.650. The van der Waals surface area contributed by atoms with Crippen LogP contribution in [0.5, 0.6) is 0 Å². The van der Waals surface area contributed by atoms with Gasteiger partial charge in [-0.2, -0.15) is 5.26 Å². The molecule has 1 N–H and O–H groups in total. The number of carbonyl (C=O) groups is 2. The summed E-state index contributed by atoms with van der Waals surface area (Å²) in [6.07, 6.45) is 1.68. The molecule has 0 saturated heterocycles. The number of fused-ring (bicyclic) bond motifs is 1. The van der Waals surface area contributed by atoms with Gasteiger partial charge in [0.25, 0.3) is 5.91 Å². The first-order chi connectivity index (χ1) is 15.5. The Kier molecular flexibility index (Phi) is 6.11. The highest BCUT2D eigenvalue weighted by Gasteiger charge is 2.40. The molecule has 1 atom stereocenters. The van der Waals surface area contributed by atoms with Crippen molar-refractivity contribution < 1.29 is 14.3 Å². The molecule has 0 bridgehead atoms. The molecule has 6 heteroatoms. The van der Waals surface area contributed by atoms with E-state index in [4.69, 9.17) is 4.74 Å². The zero-order chi connectivity index (χ0) is 22.7. The van der Waals surface area contributed by atoms with Gasteiger partial charge in [-0.25, -0.2) is 4.79 Å². The van der Waals surface area contributed by atoms with E-state index in [0.29, 0.717) is 35.4 Å². The predicted octanol–water partition coefficient (Wildman–Crippen LogP) is 5.44. The van der Waals surface area contributed by atoms with Gasteiger partial charge in [0, 0.05) is 16.9 Å². The molecule has 162 valence electrons. The van der Waals surface area contributed by atoms with Gasteiger partial charge in [0.05, 0.1) is 23.7 Å². The number of nitriles is 1. The topological polar surface area (TPSA) is 79.2 Å². The van der Waals surface area contributed by atoms with Gasteiger partial charge in [-0.15, -0.1) is 11.3 Å². The summed E-state index contributed by atoms with van der Waals surface area (Å²) in [7, 11) is 0. The number of anilines is 1. The number of amides is 1. The van der Waals surface area contributed by atoms with Crippen LogP contribution >= 0.6 is 11.3 Å². The van der Waals surface area contributed by atoms with Gasteiger partial charge in [0.1, 0.15) is 5.00 Å². The van der Waals surface area contributed by atoms with Crippen LogP contribution in [-0.4, -0.2) is 18.5 Å². The normalized spacial score (nSPS) is 17.2. The van der Waals surface area contributed by atoms with E-state index >= 15 is 0 Å². The van der Waals surface area contributed by atoms with Crippen LogP contribution in [0.1, 0.15) is 55.6 Å². The van der Waals surface area contributed by atoms with E-state index in [9.17, 15) is 14.9 Å². The average Bonchev–Trinajstić information content (AvgIpc) is 3.16. The van der Waals surface area contributed by atoms with Crippen molar-refractivity contribution in [1.29, 1.82) is 5.26 Å². The summed E-state index contributed by atoms with van der Waals surface area (Å²) in [4.78, 5) is 26.8. The Bertz CT molecular complexity index is 1210. The van der Waals surface area contributed by atoms with Gasteiger partial charge < -0.3 is 10.1 Å². The minimum Gasteiger partial charge on any atom is -0.462 e. The van der Waals surface area contributed by atoms with Crippen molar-refractivity contribution in [3.8, 4) is 6.07 Å². The van der Waals surface area contributed by atoms with Crippen molar-refractivity contribution >= 4 is 28.2 Å². The first-order valence-corrected chi connectivity index (χ1v) is 11.5. The lowest BCUT2D eigenvalue weighted by molar-refractivity contribution is 0.0526. The largest absolute Gasteiger partial charge is 0.462 e. The number of ether oxygens (including phenoxy) is 1. The number of nitrogens with zero attached hydrogens (tertiary/aromatic N) is 1. The van der Waals surface area contributed by atoms with Gasteiger partial charge >= 0.3 is 5.97 Å². The maximum absolute atomic E-state index is 13.0. The van der Waals surface area contributed by atoms with Gasteiger partial charge in [-0.05, 0) is 49.4 Å². The molecular weight excluding hydrogens is 420 g/mol. The summed E-state index contributed by atoms with van der Waals surface area (Å²) >= 11 is 1.37. The van der Waals surface area contributed by atoms with E-state index in [1.165, 1.54) is 11.3 Å². The van der Waals surface area contributed by atoms with Gasteiger partial charge in [-0.3, -0.25) is 4.79 Å². The number of thiophene rings is 1. The lowest BCUT2D eigenvalue weighted by Gasteiger charge is -2.31. The van der Waals surface area contributed by atoms with Crippen molar-refractivity contribution in [3.05, 3.63) is 87.3 Å². The van der Waals surface area contributed by atoms with Crippen molar-refractivity contribution in [2.24, 2.45) is 0 Å². The molecule has 5 nitrogen and oxygen atoms in total. The molecule has 1 aromatic heterocycles. The molecular formula is C26H24N2O3S. The third-order valence-corrected chi connectivity index (χ3v) is 7.14. The summed E-state index contributed by atoms with van der Waals surface area (Å²) in [6, 6.07) is 19.6. The first-order valence-electron chi connectivity index (χ1n) is 10.6. The Morgan fingerprint density at radius 2 is 1.88 bits per heavy atom. The fraction of sp³-hybridized carbons (Fsp3) is 0.269. The lowest BCUT2D eigenvalue weighted by atomic mass is 9.70. The van der Waals surface area contributed by atoms with Crippen molar-refractivity contribution in [2.75, 3.05) is 11.9 Å². The quantitative estimate of drug-likeness (QED) is 0.532. The van der Waals surface area contributed by atoms with Gasteiger partial charge in [0.2, 0.25) is 0 Å². The maximum atomic E-state index is 13.0. The van der Waals surface area contributed by atoms with Crippen LogP contribution in [0, 0.1) is 18.3 Å². The molecule has 0 spiro atoms. The molecule has 3 aromatic rings. The maximum Gasteiger partial charge on any atom is 0.341 e. The number of hydrogen-bond donors (Lipinski definition) is 1. The molecule has 0 aliphatic heterocycles. The number of hydrogen-bond acceptors (Lipinski definition) is 5. The zero-order valence-corrected chi connectivity index (χ0v) is 18.9. The van der Waals surface area contributed by atoms with E-state index < -0.39 is 11.4 Å². The molecule has 4 rings (SSSR count). The van der Waals surface area contributed by atoms with Crippen LogP contribution in [0.25, 0.3) is 0 Å². The molecule has 32 heavy (non-hydrogen) atoms. The van der Waals surface area contributed by atoms with Crippen LogP contribution in [0.3, 0.4) is 0 Å². The average molecular weight is 445 g/mol. The molecule has 0 fully saturated rings. The Hall–Kier alpha value is -3.43. The van der Waals surface area contributed by atoms with E-state index in [-0.39, 0.29) is 12.5 Å². The molecule has 0 radical (unpaired) electrons.